The number of fused-ring (bicyclic) bond motifs is 1. The van der Waals surface area contributed by atoms with E-state index in [0.717, 1.165) is 30.7 Å². The minimum Gasteiger partial charge on any atom is -0.349 e. The van der Waals surface area contributed by atoms with E-state index >= 15 is 0 Å². The van der Waals surface area contributed by atoms with Crippen LogP contribution in [-0.4, -0.2) is 35.8 Å². The molecule has 1 aromatic rings. The fourth-order valence-corrected chi connectivity index (χ4v) is 4.98. The van der Waals surface area contributed by atoms with Crippen LogP contribution in [0.1, 0.15) is 42.0 Å². The van der Waals surface area contributed by atoms with Crippen molar-refractivity contribution in [3.63, 3.8) is 0 Å². The second kappa shape index (κ2) is 5.95. The number of rotatable bonds is 3. The predicted octanol–water partition coefficient (Wildman–Crippen LogP) is 0.715. The Bertz CT molecular complexity index is 700. The standard InChI is InChI=1S/C15H21N3O3S/c1-10-12-4-2-3-5-13(12)18-14(17-10)8-16-15(19)11-6-7-22(20,21)9-11/h11H,2-9H2,1H3,(H,16,19)/t11-/m0/s1. The molecule has 3 rings (SSSR count). The zero-order valence-corrected chi connectivity index (χ0v) is 13.6. The molecule has 0 saturated carbocycles. The minimum absolute atomic E-state index is 0.0388. The number of sulfone groups is 1. The van der Waals surface area contributed by atoms with E-state index in [1.807, 2.05) is 6.92 Å². The molecule has 1 atom stereocenters. The van der Waals surface area contributed by atoms with E-state index < -0.39 is 15.8 Å². The molecule has 0 aromatic carbocycles. The molecule has 0 bridgehead atoms. The zero-order valence-electron chi connectivity index (χ0n) is 12.8. The number of amides is 1. The molecule has 1 amide bonds. The summed E-state index contributed by atoms with van der Waals surface area (Å²) in [6, 6.07) is 0. The van der Waals surface area contributed by atoms with Gasteiger partial charge in [-0.2, -0.15) is 0 Å². The van der Waals surface area contributed by atoms with Crippen molar-refractivity contribution in [1.82, 2.24) is 15.3 Å². The lowest BCUT2D eigenvalue weighted by Crippen LogP contribution is -2.31. The minimum atomic E-state index is -3.03. The number of hydrogen-bond donors (Lipinski definition) is 1. The second-order valence-electron chi connectivity index (χ2n) is 6.18. The number of nitrogens with zero attached hydrogens (tertiary/aromatic N) is 2. The third kappa shape index (κ3) is 3.29. The number of aromatic nitrogens is 2. The van der Waals surface area contributed by atoms with Crippen molar-refractivity contribution in [3.05, 3.63) is 22.8 Å². The van der Waals surface area contributed by atoms with Crippen LogP contribution in [0.5, 0.6) is 0 Å². The quantitative estimate of drug-likeness (QED) is 0.885. The van der Waals surface area contributed by atoms with Gasteiger partial charge in [-0.25, -0.2) is 18.4 Å². The summed E-state index contributed by atoms with van der Waals surface area (Å²) in [7, 11) is -3.03. The molecular formula is C15H21N3O3S. The average molecular weight is 323 g/mol. The van der Waals surface area contributed by atoms with Crippen molar-refractivity contribution in [2.75, 3.05) is 11.5 Å². The smallest absolute Gasteiger partial charge is 0.224 e. The van der Waals surface area contributed by atoms with E-state index in [1.54, 1.807) is 0 Å². The number of hydrogen-bond acceptors (Lipinski definition) is 5. The van der Waals surface area contributed by atoms with Crippen molar-refractivity contribution < 1.29 is 13.2 Å². The van der Waals surface area contributed by atoms with Crippen LogP contribution < -0.4 is 5.32 Å². The molecule has 7 heteroatoms. The fourth-order valence-electron chi connectivity index (χ4n) is 3.24. The lowest BCUT2D eigenvalue weighted by atomic mass is 9.95. The fraction of sp³-hybridized carbons (Fsp3) is 0.667. The molecule has 0 unspecified atom stereocenters. The Labute approximate surface area is 130 Å². The molecule has 22 heavy (non-hydrogen) atoms. The molecule has 1 aliphatic heterocycles. The van der Waals surface area contributed by atoms with Crippen LogP contribution in [0.15, 0.2) is 0 Å². The Morgan fingerprint density at radius 2 is 2.05 bits per heavy atom. The van der Waals surface area contributed by atoms with Crippen molar-refractivity contribution in [1.29, 1.82) is 0 Å². The lowest BCUT2D eigenvalue weighted by Gasteiger charge is -2.18. The molecule has 0 spiro atoms. The van der Waals surface area contributed by atoms with Gasteiger partial charge in [0.2, 0.25) is 5.91 Å². The van der Waals surface area contributed by atoms with Gasteiger partial charge < -0.3 is 5.32 Å². The van der Waals surface area contributed by atoms with Crippen LogP contribution in [-0.2, 0) is 34.0 Å². The molecule has 6 nitrogen and oxygen atoms in total. The van der Waals surface area contributed by atoms with Gasteiger partial charge in [0.05, 0.1) is 24.0 Å². The number of aryl methyl sites for hydroxylation is 2. The zero-order chi connectivity index (χ0) is 15.7. The van der Waals surface area contributed by atoms with E-state index in [4.69, 9.17) is 0 Å². The molecule has 1 N–H and O–H groups in total. The van der Waals surface area contributed by atoms with Gasteiger partial charge in [-0.1, -0.05) is 0 Å². The van der Waals surface area contributed by atoms with Gasteiger partial charge in [-0.15, -0.1) is 0 Å². The first-order valence-corrected chi connectivity index (χ1v) is 9.60. The maximum atomic E-state index is 12.0. The number of carbonyl (C=O) groups is 1. The summed E-state index contributed by atoms with van der Waals surface area (Å²) in [5.74, 6) is 0.0544. The highest BCUT2D eigenvalue weighted by atomic mass is 32.2. The van der Waals surface area contributed by atoms with Crippen molar-refractivity contribution in [3.8, 4) is 0 Å². The van der Waals surface area contributed by atoms with Gasteiger partial charge in [-0.3, -0.25) is 4.79 Å². The summed E-state index contributed by atoms with van der Waals surface area (Å²) in [5.41, 5.74) is 3.35. The van der Waals surface area contributed by atoms with Gasteiger partial charge in [0.25, 0.3) is 0 Å². The van der Waals surface area contributed by atoms with E-state index in [9.17, 15) is 13.2 Å². The van der Waals surface area contributed by atoms with Gasteiger partial charge in [0.1, 0.15) is 5.82 Å². The Kier molecular flexibility index (Phi) is 4.16. The number of carbonyl (C=O) groups excluding carboxylic acids is 1. The van der Waals surface area contributed by atoms with Crippen molar-refractivity contribution >= 4 is 15.7 Å². The van der Waals surface area contributed by atoms with Crippen molar-refractivity contribution in [2.45, 2.75) is 45.6 Å². The lowest BCUT2D eigenvalue weighted by molar-refractivity contribution is -0.124. The second-order valence-corrected chi connectivity index (χ2v) is 8.40. The highest BCUT2D eigenvalue weighted by Gasteiger charge is 2.32. The molecule has 2 heterocycles. The molecular weight excluding hydrogens is 302 g/mol. The predicted molar refractivity (Wildman–Crippen MR) is 82.0 cm³/mol. The van der Waals surface area contributed by atoms with E-state index in [-0.39, 0.29) is 24.0 Å². The Balaban J connectivity index is 1.64. The van der Waals surface area contributed by atoms with Gasteiger partial charge in [-0.05, 0) is 44.6 Å². The molecule has 1 saturated heterocycles. The van der Waals surface area contributed by atoms with Gasteiger partial charge in [0, 0.05) is 11.4 Å². The Morgan fingerprint density at radius 3 is 2.77 bits per heavy atom. The normalized spacial score (nSPS) is 23.0. The first-order chi connectivity index (χ1) is 10.4. The Hall–Kier alpha value is -1.50. The number of nitrogens with one attached hydrogen (secondary N) is 1. The highest BCUT2D eigenvalue weighted by molar-refractivity contribution is 7.91. The molecule has 2 aliphatic rings. The van der Waals surface area contributed by atoms with E-state index in [2.05, 4.69) is 15.3 Å². The third-order valence-corrected chi connectivity index (χ3v) is 6.23. The monoisotopic (exact) mass is 323 g/mol. The summed E-state index contributed by atoms with van der Waals surface area (Å²) < 4.78 is 22.8. The summed E-state index contributed by atoms with van der Waals surface area (Å²) in [6.45, 7) is 2.25. The summed E-state index contributed by atoms with van der Waals surface area (Å²) in [6.07, 6.45) is 4.76. The molecule has 120 valence electrons. The summed E-state index contributed by atoms with van der Waals surface area (Å²) in [4.78, 5) is 21.1. The maximum Gasteiger partial charge on any atom is 0.224 e. The molecule has 1 fully saturated rings. The van der Waals surface area contributed by atoms with Crippen LogP contribution in [0.4, 0.5) is 0 Å². The first kappa shape index (κ1) is 15.4. The highest BCUT2D eigenvalue weighted by Crippen LogP contribution is 2.22. The maximum absolute atomic E-state index is 12.0. The molecule has 1 aromatic heterocycles. The van der Waals surface area contributed by atoms with E-state index in [0.29, 0.717) is 12.2 Å². The Morgan fingerprint density at radius 1 is 1.27 bits per heavy atom. The van der Waals surface area contributed by atoms with Gasteiger partial charge >= 0.3 is 0 Å². The van der Waals surface area contributed by atoms with Crippen LogP contribution in [0.2, 0.25) is 0 Å². The summed E-state index contributed by atoms with van der Waals surface area (Å²) in [5, 5.41) is 2.78. The third-order valence-electron chi connectivity index (χ3n) is 4.46. The topological polar surface area (TPSA) is 89.0 Å². The van der Waals surface area contributed by atoms with Crippen LogP contribution in [0.3, 0.4) is 0 Å². The van der Waals surface area contributed by atoms with Crippen LogP contribution in [0.25, 0.3) is 0 Å². The van der Waals surface area contributed by atoms with Crippen LogP contribution in [0, 0.1) is 12.8 Å². The van der Waals surface area contributed by atoms with E-state index in [1.165, 1.54) is 12.0 Å². The molecule has 0 radical (unpaired) electrons. The largest absolute Gasteiger partial charge is 0.349 e. The SMILES string of the molecule is Cc1nc(CNC(=O)[C@H]2CCS(=O)(=O)C2)nc2c1CCCC2. The van der Waals surface area contributed by atoms with Crippen LogP contribution >= 0.6 is 0 Å². The first-order valence-electron chi connectivity index (χ1n) is 7.78. The van der Waals surface area contributed by atoms with Gasteiger partial charge in [0.15, 0.2) is 9.84 Å². The summed E-state index contributed by atoms with van der Waals surface area (Å²) >= 11 is 0. The average Bonchev–Trinajstić information content (AvgIpc) is 2.85. The van der Waals surface area contributed by atoms with Crippen molar-refractivity contribution in [2.24, 2.45) is 5.92 Å². The molecule has 1 aliphatic carbocycles.